The van der Waals surface area contributed by atoms with Gasteiger partial charge in [0.25, 0.3) is 11.8 Å². The average molecular weight is 435 g/mol. The molecule has 2 aromatic carbocycles. The van der Waals surface area contributed by atoms with Crippen molar-refractivity contribution in [3.05, 3.63) is 86.8 Å². The maximum absolute atomic E-state index is 12.8. The van der Waals surface area contributed by atoms with Gasteiger partial charge in [0.05, 0.1) is 15.4 Å². The number of nitro groups is 1. The number of amides is 2. The molecule has 0 saturated heterocycles. The molecule has 2 amide bonds. The van der Waals surface area contributed by atoms with Crippen molar-refractivity contribution in [1.82, 2.24) is 0 Å². The Labute approximate surface area is 171 Å². The van der Waals surface area contributed by atoms with Gasteiger partial charge in [-0.15, -0.1) is 0 Å². The van der Waals surface area contributed by atoms with Crippen LogP contribution in [0.25, 0.3) is 0 Å². The highest BCUT2D eigenvalue weighted by Crippen LogP contribution is 2.31. The highest BCUT2D eigenvalue weighted by Gasteiger charge is 2.30. The number of hydrogen-bond acceptors (Lipinski definition) is 5. The summed E-state index contributed by atoms with van der Waals surface area (Å²) in [5.41, 5.74) is -0.586. The molecule has 0 aliphatic rings. The van der Waals surface area contributed by atoms with E-state index < -0.39 is 28.5 Å². The van der Waals surface area contributed by atoms with Crippen LogP contribution in [0.4, 0.5) is 29.5 Å². The Morgan fingerprint density at radius 2 is 1.53 bits per heavy atom. The predicted octanol–water partition coefficient (Wildman–Crippen LogP) is 5.18. The molecule has 0 bridgehead atoms. The minimum absolute atomic E-state index is 0.0323. The topological polar surface area (TPSA) is 101 Å². The molecule has 0 saturated carbocycles. The highest BCUT2D eigenvalue weighted by molar-refractivity contribution is 7.17. The molecule has 154 valence electrons. The fourth-order valence-corrected chi connectivity index (χ4v) is 3.17. The number of benzene rings is 2. The number of carbonyl (C=O) groups excluding carboxylic acids is 2. The van der Waals surface area contributed by atoms with Crippen molar-refractivity contribution in [2.75, 3.05) is 10.6 Å². The second kappa shape index (κ2) is 8.33. The third kappa shape index (κ3) is 5.00. The molecule has 3 rings (SSSR count). The standard InChI is InChI=1S/C19H12F3N3O4S/c20-19(21,22)12-4-2-6-14(10-12)23-17(26)11-3-1-5-13(9-11)24-18(27)15-7-8-16(30-15)25(28)29/h1-10H,(H,23,26)(H,24,27). The number of anilines is 2. The maximum Gasteiger partial charge on any atom is 0.416 e. The first-order valence-corrected chi connectivity index (χ1v) is 9.09. The van der Waals surface area contributed by atoms with Crippen LogP contribution in [0, 0.1) is 10.1 Å². The second-order valence-electron chi connectivity index (χ2n) is 5.96. The van der Waals surface area contributed by atoms with Crippen LogP contribution in [0.2, 0.25) is 0 Å². The zero-order valence-electron chi connectivity index (χ0n) is 14.9. The summed E-state index contributed by atoms with van der Waals surface area (Å²) in [5, 5.41) is 15.4. The lowest BCUT2D eigenvalue weighted by atomic mass is 10.1. The number of nitrogens with zero attached hydrogens (tertiary/aromatic N) is 1. The molecule has 2 N–H and O–H groups in total. The summed E-state index contributed by atoms with van der Waals surface area (Å²) in [7, 11) is 0. The van der Waals surface area contributed by atoms with Crippen LogP contribution in [-0.4, -0.2) is 16.7 Å². The maximum atomic E-state index is 12.8. The van der Waals surface area contributed by atoms with E-state index in [1.807, 2.05) is 0 Å². The number of rotatable bonds is 5. The summed E-state index contributed by atoms with van der Waals surface area (Å²) < 4.78 is 38.4. The first-order chi connectivity index (χ1) is 14.1. The Morgan fingerprint density at radius 3 is 2.17 bits per heavy atom. The van der Waals surface area contributed by atoms with Gasteiger partial charge in [-0.25, -0.2) is 0 Å². The Morgan fingerprint density at radius 1 is 0.900 bits per heavy atom. The first kappa shape index (κ1) is 21.0. The normalized spacial score (nSPS) is 11.0. The monoisotopic (exact) mass is 435 g/mol. The van der Waals surface area contributed by atoms with E-state index in [2.05, 4.69) is 10.6 Å². The van der Waals surface area contributed by atoms with Crippen LogP contribution in [0.3, 0.4) is 0 Å². The van der Waals surface area contributed by atoms with Crippen LogP contribution in [0.15, 0.2) is 60.7 Å². The SMILES string of the molecule is O=C(Nc1cccc(C(F)(F)F)c1)c1cccc(NC(=O)c2ccc([N+](=O)[O-])s2)c1. The fourth-order valence-electron chi connectivity index (χ4n) is 2.46. The van der Waals surface area contributed by atoms with Crippen LogP contribution < -0.4 is 10.6 Å². The fraction of sp³-hybridized carbons (Fsp3) is 0.0526. The minimum Gasteiger partial charge on any atom is -0.322 e. The van der Waals surface area contributed by atoms with E-state index in [4.69, 9.17) is 0 Å². The van der Waals surface area contributed by atoms with E-state index in [-0.39, 0.29) is 26.8 Å². The van der Waals surface area contributed by atoms with Crippen LogP contribution in [0.5, 0.6) is 0 Å². The summed E-state index contributed by atoms with van der Waals surface area (Å²) in [6.45, 7) is 0. The second-order valence-corrected chi connectivity index (χ2v) is 7.02. The van der Waals surface area contributed by atoms with E-state index in [1.165, 1.54) is 48.5 Å². The number of alkyl halides is 3. The molecule has 1 heterocycles. The molecule has 7 nitrogen and oxygen atoms in total. The lowest BCUT2D eigenvalue weighted by molar-refractivity contribution is -0.380. The molecule has 0 atom stereocenters. The Hall–Kier alpha value is -3.73. The molecule has 0 unspecified atom stereocenters. The smallest absolute Gasteiger partial charge is 0.322 e. The molecule has 3 aromatic rings. The van der Waals surface area contributed by atoms with Crippen molar-refractivity contribution in [3.8, 4) is 0 Å². The summed E-state index contributed by atoms with van der Waals surface area (Å²) in [4.78, 5) is 34.8. The van der Waals surface area contributed by atoms with E-state index in [0.717, 1.165) is 12.1 Å². The van der Waals surface area contributed by atoms with Crippen molar-refractivity contribution in [2.45, 2.75) is 6.18 Å². The van der Waals surface area contributed by atoms with Gasteiger partial charge < -0.3 is 10.6 Å². The summed E-state index contributed by atoms with van der Waals surface area (Å²) in [6.07, 6.45) is -4.54. The van der Waals surface area contributed by atoms with E-state index in [9.17, 15) is 32.9 Å². The quantitative estimate of drug-likeness (QED) is 0.426. The number of carbonyl (C=O) groups is 2. The van der Waals surface area contributed by atoms with Gasteiger partial charge in [-0.2, -0.15) is 13.2 Å². The van der Waals surface area contributed by atoms with Gasteiger partial charge >= 0.3 is 11.2 Å². The molecule has 0 aliphatic carbocycles. The molecule has 0 radical (unpaired) electrons. The predicted molar refractivity (Wildman–Crippen MR) is 105 cm³/mol. The molecular weight excluding hydrogens is 423 g/mol. The molecule has 0 fully saturated rings. The first-order valence-electron chi connectivity index (χ1n) is 8.28. The molecule has 0 spiro atoms. The van der Waals surface area contributed by atoms with Gasteiger partial charge in [-0.05, 0) is 42.5 Å². The van der Waals surface area contributed by atoms with Crippen molar-refractivity contribution in [3.63, 3.8) is 0 Å². The Balaban J connectivity index is 1.72. The van der Waals surface area contributed by atoms with E-state index in [0.29, 0.717) is 11.3 Å². The lowest BCUT2D eigenvalue weighted by Gasteiger charge is -2.10. The minimum atomic E-state index is -4.54. The van der Waals surface area contributed by atoms with Gasteiger partial charge in [-0.3, -0.25) is 19.7 Å². The van der Waals surface area contributed by atoms with Gasteiger partial charge in [0.1, 0.15) is 0 Å². The lowest BCUT2D eigenvalue weighted by Crippen LogP contribution is -2.14. The largest absolute Gasteiger partial charge is 0.416 e. The number of nitrogens with one attached hydrogen (secondary N) is 2. The molecule has 1 aromatic heterocycles. The zero-order valence-corrected chi connectivity index (χ0v) is 15.7. The molecular formula is C19H12F3N3O4S. The highest BCUT2D eigenvalue weighted by atomic mass is 32.1. The third-order valence-electron chi connectivity index (χ3n) is 3.83. The molecule has 30 heavy (non-hydrogen) atoms. The Kier molecular flexibility index (Phi) is 5.83. The Bertz CT molecular complexity index is 1130. The van der Waals surface area contributed by atoms with Crippen molar-refractivity contribution >= 4 is 39.5 Å². The average Bonchev–Trinajstić information content (AvgIpc) is 3.18. The van der Waals surface area contributed by atoms with Gasteiger partial charge in [0, 0.05) is 23.0 Å². The van der Waals surface area contributed by atoms with Gasteiger partial charge in [0.2, 0.25) is 0 Å². The molecule has 11 heteroatoms. The van der Waals surface area contributed by atoms with Crippen molar-refractivity contribution in [1.29, 1.82) is 0 Å². The van der Waals surface area contributed by atoms with Crippen LogP contribution in [0.1, 0.15) is 25.6 Å². The number of halogens is 3. The summed E-state index contributed by atoms with van der Waals surface area (Å²) in [5.74, 6) is -1.26. The van der Waals surface area contributed by atoms with Crippen molar-refractivity contribution < 1.29 is 27.7 Å². The van der Waals surface area contributed by atoms with Crippen molar-refractivity contribution in [2.24, 2.45) is 0 Å². The van der Waals surface area contributed by atoms with Crippen LogP contribution in [-0.2, 0) is 6.18 Å². The number of hydrogen-bond donors (Lipinski definition) is 2. The summed E-state index contributed by atoms with van der Waals surface area (Å²) >= 11 is 0.702. The number of thiophene rings is 1. The zero-order chi connectivity index (χ0) is 21.9. The van der Waals surface area contributed by atoms with E-state index >= 15 is 0 Å². The van der Waals surface area contributed by atoms with Gasteiger partial charge in [-0.1, -0.05) is 23.5 Å². The third-order valence-corrected chi connectivity index (χ3v) is 4.86. The molecule has 0 aliphatic heterocycles. The summed E-state index contributed by atoms with van der Waals surface area (Å²) in [6, 6.07) is 12.5. The van der Waals surface area contributed by atoms with E-state index in [1.54, 1.807) is 0 Å². The van der Waals surface area contributed by atoms with Crippen LogP contribution >= 0.6 is 11.3 Å². The van der Waals surface area contributed by atoms with Gasteiger partial charge in [0.15, 0.2) is 0 Å².